The second kappa shape index (κ2) is 5.27. The third kappa shape index (κ3) is 2.53. The van der Waals surface area contributed by atoms with Gasteiger partial charge < -0.3 is 10.1 Å². The van der Waals surface area contributed by atoms with Crippen molar-refractivity contribution in [2.45, 2.75) is 51.4 Å². The molecule has 0 radical (unpaired) electrons. The first-order chi connectivity index (χ1) is 8.39. The molecule has 0 aromatic heterocycles. The largest absolute Gasteiger partial charge is 0.380 e. The fourth-order valence-electron chi connectivity index (χ4n) is 4.26. The Hall–Kier alpha value is -0.0800. The van der Waals surface area contributed by atoms with Gasteiger partial charge in [0.1, 0.15) is 0 Å². The Bertz CT molecular complexity index is 237. The lowest BCUT2D eigenvalue weighted by molar-refractivity contribution is -0.164. The quantitative estimate of drug-likeness (QED) is 0.815. The van der Waals surface area contributed by atoms with Crippen LogP contribution in [0.4, 0.5) is 0 Å². The molecule has 2 heteroatoms. The molecule has 3 rings (SSSR count). The SMILES string of the molecule is C1CCC(C2(CC3CCNCC3)COC2)CC1. The molecule has 2 nitrogen and oxygen atoms in total. The monoisotopic (exact) mass is 237 g/mol. The standard InChI is InChI=1S/C15H27NO/c1-2-4-14(5-3-1)15(11-17-12-15)10-13-6-8-16-9-7-13/h13-14,16H,1-12H2. The molecule has 17 heavy (non-hydrogen) atoms. The van der Waals surface area contributed by atoms with Gasteiger partial charge in [-0.1, -0.05) is 19.3 Å². The Morgan fingerprint density at radius 1 is 0.941 bits per heavy atom. The summed E-state index contributed by atoms with van der Waals surface area (Å²) in [5.41, 5.74) is 0.600. The lowest BCUT2D eigenvalue weighted by atomic mass is 9.63. The molecule has 3 fully saturated rings. The van der Waals surface area contributed by atoms with Crippen LogP contribution in [0, 0.1) is 17.3 Å². The van der Waals surface area contributed by atoms with Gasteiger partial charge in [0.25, 0.3) is 0 Å². The summed E-state index contributed by atoms with van der Waals surface area (Å²) in [5, 5.41) is 3.48. The Morgan fingerprint density at radius 2 is 1.65 bits per heavy atom. The topological polar surface area (TPSA) is 21.3 Å². The molecular formula is C15H27NO. The first-order valence-electron chi connectivity index (χ1n) is 7.68. The summed E-state index contributed by atoms with van der Waals surface area (Å²) < 4.78 is 5.62. The lowest BCUT2D eigenvalue weighted by Crippen LogP contribution is -2.50. The average molecular weight is 237 g/mol. The van der Waals surface area contributed by atoms with Crippen LogP contribution in [-0.2, 0) is 4.74 Å². The van der Waals surface area contributed by atoms with E-state index in [1.165, 1.54) is 64.5 Å². The highest BCUT2D eigenvalue weighted by molar-refractivity contribution is 4.95. The van der Waals surface area contributed by atoms with Crippen LogP contribution in [-0.4, -0.2) is 26.3 Å². The molecule has 1 N–H and O–H groups in total. The van der Waals surface area contributed by atoms with Gasteiger partial charge in [0.05, 0.1) is 13.2 Å². The Morgan fingerprint density at radius 3 is 2.24 bits per heavy atom. The van der Waals surface area contributed by atoms with Gasteiger partial charge in [-0.2, -0.15) is 0 Å². The maximum absolute atomic E-state index is 5.62. The van der Waals surface area contributed by atoms with E-state index in [0.717, 1.165) is 25.0 Å². The molecule has 1 saturated carbocycles. The molecule has 0 atom stereocenters. The van der Waals surface area contributed by atoms with E-state index in [-0.39, 0.29) is 0 Å². The number of hydrogen-bond donors (Lipinski definition) is 1. The fourth-order valence-corrected chi connectivity index (χ4v) is 4.26. The van der Waals surface area contributed by atoms with Crippen molar-refractivity contribution < 1.29 is 4.74 Å². The summed E-state index contributed by atoms with van der Waals surface area (Å²) in [6.07, 6.45) is 11.6. The van der Waals surface area contributed by atoms with Gasteiger partial charge in [-0.3, -0.25) is 0 Å². The van der Waals surface area contributed by atoms with E-state index in [0.29, 0.717) is 5.41 Å². The maximum atomic E-state index is 5.62. The molecule has 0 unspecified atom stereocenters. The number of rotatable bonds is 3. The molecule has 2 heterocycles. The van der Waals surface area contributed by atoms with Crippen LogP contribution in [0.25, 0.3) is 0 Å². The predicted octanol–water partition coefficient (Wildman–Crippen LogP) is 2.97. The second-order valence-electron chi connectivity index (χ2n) is 6.59. The summed E-state index contributed by atoms with van der Waals surface area (Å²) in [5.74, 6) is 1.96. The Balaban J connectivity index is 1.60. The predicted molar refractivity (Wildman–Crippen MR) is 70.0 cm³/mol. The van der Waals surface area contributed by atoms with Crippen molar-refractivity contribution in [1.29, 1.82) is 0 Å². The average Bonchev–Trinajstić information content (AvgIpc) is 2.36. The minimum Gasteiger partial charge on any atom is -0.380 e. The van der Waals surface area contributed by atoms with Crippen molar-refractivity contribution in [2.75, 3.05) is 26.3 Å². The van der Waals surface area contributed by atoms with Gasteiger partial charge >= 0.3 is 0 Å². The van der Waals surface area contributed by atoms with Gasteiger partial charge in [0, 0.05) is 5.41 Å². The Kier molecular flexibility index (Phi) is 3.72. The third-order valence-corrected chi connectivity index (χ3v) is 5.40. The minimum atomic E-state index is 0.600. The van der Waals surface area contributed by atoms with E-state index in [9.17, 15) is 0 Å². The third-order valence-electron chi connectivity index (χ3n) is 5.40. The molecule has 3 aliphatic rings. The van der Waals surface area contributed by atoms with Crippen LogP contribution in [0.3, 0.4) is 0 Å². The molecule has 0 aromatic rings. The second-order valence-corrected chi connectivity index (χ2v) is 6.59. The highest BCUT2D eigenvalue weighted by Gasteiger charge is 2.46. The van der Waals surface area contributed by atoms with Gasteiger partial charge in [-0.15, -0.1) is 0 Å². The molecule has 0 aromatic carbocycles. The summed E-state index contributed by atoms with van der Waals surface area (Å²) >= 11 is 0. The molecule has 0 bridgehead atoms. The first kappa shape index (κ1) is 12.0. The normalized spacial score (nSPS) is 31.1. The van der Waals surface area contributed by atoms with E-state index in [1.54, 1.807) is 0 Å². The highest BCUT2D eigenvalue weighted by atomic mass is 16.5. The summed E-state index contributed by atoms with van der Waals surface area (Å²) in [6, 6.07) is 0. The van der Waals surface area contributed by atoms with Crippen LogP contribution in [0.1, 0.15) is 51.4 Å². The van der Waals surface area contributed by atoms with Crippen molar-refractivity contribution in [2.24, 2.45) is 17.3 Å². The minimum absolute atomic E-state index is 0.600. The van der Waals surface area contributed by atoms with E-state index in [1.807, 2.05) is 0 Å². The van der Waals surface area contributed by atoms with E-state index in [4.69, 9.17) is 4.74 Å². The number of ether oxygens (including phenoxy) is 1. The Labute approximate surface area is 105 Å². The highest BCUT2D eigenvalue weighted by Crippen LogP contribution is 2.48. The van der Waals surface area contributed by atoms with Crippen LogP contribution in [0.2, 0.25) is 0 Å². The molecule has 2 aliphatic heterocycles. The molecule has 1 aliphatic carbocycles. The van der Waals surface area contributed by atoms with Crippen LogP contribution in [0.15, 0.2) is 0 Å². The van der Waals surface area contributed by atoms with Crippen molar-refractivity contribution >= 4 is 0 Å². The van der Waals surface area contributed by atoms with Crippen molar-refractivity contribution in [3.8, 4) is 0 Å². The molecule has 0 spiro atoms. The fraction of sp³-hybridized carbons (Fsp3) is 1.00. The number of nitrogens with one attached hydrogen (secondary N) is 1. The van der Waals surface area contributed by atoms with Gasteiger partial charge in [0.2, 0.25) is 0 Å². The van der Waals surface area contributed by atoms with Gasteiger partial charge in [0.15, 0.2) is 0 Å². The number of hydrogen-bond acceptors (Lipinski definition) is 2. The van der Waals surface area contributed by atoms with E-state index >= 15 is 0 Å². The molecular weight excluding hydrogens is 210 g/mol. The zero-order chi connectivity index (χ0) is 11.6. The number of piperidine rings is 1. The van der Waals surface area contributed by atoms with Gasteiger partial charge in [-0.05, 0) is 57.0 Å². The van der Waals surface area contributed by atoms with Crippen molar-refractivity contribution in [3.63, 3.8) is 0 Å². The first-order valence-corrected chi connectivity index (χ1v) is 7.68. The smallest absolute Gasteiger partial charge is 0.0547 e. The molecule has 0 amide bonds. The summed E-state index contributed by atoms with van der Waals surface area (Å²) in [4.78, 5) is 0. The van der Waals surface area contributed by atoms with Crippen LogP contribution in [0.5, 0.6) is 0 Å². The van der Waals surface area contributed by atoms with Crippen molar-refractivity contribution in [3.05, 3.63) is 0 Å². The summed E-state index contributed by atoms with van der Waals surface area (Å²) in [7, 11) is 0. The van der Waals surface area contributed by atoms with Crippen LogP contribution < -0.4 is 5.32 Å². The van der Waals surface area contributed by atoms with Crippen molar-refractivity contribution in [1.82, 2.24) is 5.32 Å². The molecule has 98 valence electrons. The van der Waals surface area contributed by atoms with E-state index in [2.05, 4.69) is 5.32 Å². The summed E-state index contributed by atoms with van der Waals surface area (Å²) in [6.45, 7) is 4.63. The maximum Gasteiger partial charge on any atom is 0.0547 e. The van der Waals surface area contributed by atoms with Gasteiger partial charge in [-0.25, -0.2) is 0 Å². The zero-order valence-corrected chi connectivity index (χ0v) is 11.0. The molecule has 2 saturated heterocycles. The lowest BCUT2D eigenvalue weighted by Gasteiger charge is -2.50. The zero-order valence-electron chi connectivity index (χ0n) is 11.0. The van der Waals surface area contributed by atoms with Crippen LogP contribution >= 0.6 is 0 Å². The van der Waals surface area contributed by atoms with E-state index < -0.39 is 0 Å².